The lowest BCUT2D eigenvalue weighted by atomic mass is 10.1. The van der Waals surface area contributed by atoms with E-state index < -0.39 is 0 Å². The van der Waals surface area contributed by atoms with Gasteiger partial charge < -0.3 is 4.74 Å². The molecule has 2 heterocycles. The maximum atomic E-state index is 11.3. The van der Waals surface area contributed by atoms with Crippen LogP contribution in [0.1, 0.15) is 10.4 Å². The van der Waals surface area contributed by atoms with Gasteiger partial charge in [0.2, 0.25) is 0 Å². The van der Waals surface area contributed by atoms with Crippen LogP contribution in [0.5, 0.6) is 5.75 Å². The summed E-state index contributed by atoms with van der Waals surface area (Å²) in [6, 6.07) is 9.18. The Morgan fingerprint density at radius 3 is 2.74 bits per heavy atom. The van der Waals surface area contributed by atoms with Gasteiger partial charge in [-0.05, 0) is 30.3 Å². The SMILES string of the molecule is COc1ccc(-c2nn3cccnc3c2C=O)cc1. The van der Waals surface area contributed by atoms with Crippen LogP contribution in [-0.4, -0.2) is 28.0 Å². The van der Waals surface area contributed by atoms with E-state index in [1.807, 2.05) is 24.3 Å². The molecule has 5 nitrogen and oxygen atoms in total. The van der Waals surface area contributed by atoms with Crippen LogP contribution in [0.3, 0.4) is 0 Å². The van der Waals surface area contributed by atoms with Crippen molar-refractivity contribution in [2.24, 2.45) is 0 Å². The smallest absolute Gasteiger partial charge is 0.166 e. The van der Waals surface area contributed by atoms with E-state index in [4.69, 9.17) is 4.74 Å². The standard InChI is InChI=1S/C14H11N3O2/c1-19-11-5-3-10(4-6-11)13-12(9-18)14-15-7-2-8-17(14)16-13/h2-9H,1H3. The second kappa shape index (κ2) is 4.53. The molecular formula is C14H11N3O2. The zero-order chi connectivity index (χ0) is 13.2. The van der Waals surface area contributed by atoms with E-state index in [2.05, 4.69) is 10.1 Å². The fourth-order valence-electron chi connectivity index (χ4n) is 1.98. The van der Waals surface area contributed by atoms with Gasteiger partial charge in [0.05, 0.1) is 12.7 Å². The van der Waals surface area contributed by atoms with Crippen LogP contribution in [0.25, 0.3) is 16.9 Å². The number of benzene rings is 1. The van der Waals surface area contributed by atoms with Crippen molar-refractivity contribution in [2.75, 3.05) is 7.11 Å². The summed E-state index contributed by atoms with van der Waals surface area (Å²) in [4.78, 5) is 15.5. The van der Waals surface area contributed by atoms with Crippen LogP contribution in [0.2, 0.25) is 0 Å². The van der Waals surface area contributed by atoms with Crippen LogP contribution in [0, 0.1) is 0 Å². The number of hydrogen-bond acceptors (Lipinski definition) is 4. The Morgan fingerprint density at radius 2 is 2.05 bits per heavy atom. The van der Waals surface area contributed by atoms with E-state index in [0.29, 0.717) is 16.9 Å². The second-order valence-electron chi connectivity index (χ2n) is 4.00. The highest BCUT2D eigenvalue weighted by atomic mass is 16.5. The quantitative estimate of drug-likeness (QED) is 0.671. The molecule has 1 aromatic carbocycles. The minimum atomic E-state index is 0.491. The summed E-state index contributed by atoms with van der Waals surface area (Å²) in [7, 11) is 1.61. The lowest BCUT2D eigenvalue weighted by Crippen LogP contribution is -1.88. The van der Waals surface area contributed by atoms with Crippen molar-refractivity contribution in [2.45, 2.75) is 0 Å². The van der Waals surface area contributed by atoms with Gasteiger partial charge in [-0.15, -0.1) is 0 Å². The highest BCUT2D eigenvalue weighted by molar-refractivity contribution is 5.93. The van der Waals surface area contributed by atoms with Crippen molar-refractivity contribution in [3.8, 4) is 17.0 Å². The van der Waals surface area contributed by atoms with Crippen molar-refractivity contribution in [3.05, 3.63) is 48.3 Å². The number of nitrogens with zero attached hydrogens (tertiary/aromatic N) is 3. The predicted molar refractivity (Wildman–Crippen MR) is 70.4 cm³/mol. The van der Waals surface area contributed by atoms with Crippen molar-refractivity contribution >= 4 is 11.9 Å². The predicted octanol–water partition coefficient (Wildman–Crippen LogP) is 2.22. The Kier molecular flexibility index (Phi) is 2.72. The van der Waals surface area contributed by atoms with Crippen LogP contribution in [-0.2, 0) is 0 Å². The number of ether oxygens (including phenoxy) is 1. The number of carbonyl (C=O) groups excluding carboxylic acids is 1. The topological polar surface area (TPSA) is 56.5 Å². The number of fused-ring (bicyclic) bond motifs is 1. The highest BCUT2D eigenvalue weighted by Crippen LogP contribution is 2.25. The maximum absolute atomic E-state index is 11.3. The van der Waals surface area contributed by atoms with Gasteiger partial charge in [-0.3, -0.25) is 4.79 Å². The average Bonchev–Trinajstić information content (AvgIpc) is 2.85. The van der Waals surface area contributed by atoms with Crippen LogP contribution in [0.4, 0.5) is 0 Å². The average molecular weight is 253 g/mol. The normalized spacial score (nSPS) is 10.6. The minimum absolute atomic E-state index is 0.491. The summed E-state index contributed by atoms with van der Waals surface area (Å²) in [5.74, 6) is 0.762. The fourth-order valence-corrected chi connectivity index (χ4v) is 1.98. The Morgan fingerprint density at radius 1 is 1.26 bits per heavy atom. The van der Waals surface area contributed by atoms with Gasteiger partial charge in [-0.25, -0.2) is 9.50 Å². The molecule has 19 heavy (non-hydrogen) atoms. The summed E-state index contributed by atoms with van der Waals surface area (Å²) >= 11 is 0. The lowest BCUT2D eigenvalue weighted by molar-refractivity contribution is 0.112. The molecule has 0 unspecified atom stereocenters. The molecule has 0 saturated carbocycles. The molecule has 3 aromatic rings. The fraction of sp³-hybridized carbons (Fsp3) is 0.0714. The molecule has 5 heteroatoms. The van der Waals surface area contributed by atoms with E-state index in [1.165, 1.54) is 0 Å². The minimum Gasteiger partial charge on any atom is -0.497 e. The first-order valence-electron chi connectivity index (χ1n) is 5.76. The van der Waals surface area contributed by atoms with Crippen LogP contribution >= 0.6 is 0 Å². The zero-order valence-corrected chi connectivity index (χ0v) is 10.3. The first-order valence-corrected chi connectivity index (χ1v) is 5.76. The summed E-state index contributed by atoms with van der Waals surface area (Å²) in [6.07, 6.45) is 4.19. The number of aromatic nitrogens is 3. The molecule has 0 radical (unpaired) electrons. The summed E-state index contributed by atoms with van der Waals surface area (Å²) < 4.78 is 6.71. The number of hydrogen-bond donors (Lipinski definition) is 0. The third-order valence-corrected chi connectivity index (χ3v) is 2.91. The molecule has 94 valence electrons. The number of carbonyl (C=O) groups is 1. The molecule has 0 aliphatic rings. The highest BCUT2D eigenvalue weighted by Gasteiger charge is 2.14. The van der Waals surface area contributed by atoms with Crippen molar-refractivity contribution in [1.82, 2.24) is 14.6 Å². The second-order valence-corrected chi connectivity index (χ2v) is 4.00. The van der Waals surface area contributed by atoms with Gasteiger partial charge in [0.25, 0.3) is 0 Å². The summed E-state index contributed by atoms with van der Waals surface area (Å²) in [5.41, 5.74) is 2.53. The first-order chi connectivity index (χ1) is 9.33. The zero-order valence-electron chi connectivity index (χ0n) is 10.3. The van der Waals surface area contributed by atoms with Gasteiger partial charge in [0, 0.05) is 18.0 Å². The summed E-state index contributed by atoms with van der Waals surface area (Å²) in [5, 5.41) is 4.39. The van der Waals surface area contributed by atoms with Gasteiger partial charge in [0.1, 0.15) is 11.4 Å². The Hall–Kier alpha value is -2.69. The first kappa shape index (κ1) is 11.4. The van der Waals surface area contributed by atoms with Crippen LogP contribution in [0.15, 0.2) is 42.7 Å². The Bertz CT molecular complexity index is 732. The molecule has 0 N–H and O–H groups in total. The molecule has 0 fully saturated rings. The van der Waals surface area contributed by atoms with Crippen LogP contribution < -0.4 is 4.74 Å². The van der Waals surface area contributed by atoms with E-state index in [1.54, 1.807) is 30.1 Å². The molecule has 0 saturated heterocycles. The molecule has 2 aromatic heterocycles. The molecule has 0 amide bonds. The van der Waals surface area contributed by atoms with Gasteiger partial charge in [-0.2, -0.15) is 5.10 Å². The molecule has 0 aliphatic heterocycles. The van der Waals surface area contributed by atoms with Crippen molar-refractivity contribution in [3.63, 3.8) is 0 Å². The monoisotopic (exact) mass is 253 g/mol. The molecule has 0 bridgehead atoms. The Labute approximate surface area is 109 Å². The molecule has 3 rings (SSSR count). The Balaban J connectivity index is 2.20. The third-order valence-electron chi connectivity index (χ3n) is 2.91. The van der Waals surface area contributed by atoms with Crippen molar-refractivity contribution in [1.29, 1.82) is 0 Å². The molecular weight excluding hydrogens is 242 g/mol. The van der Waals surface area contributed by atoms with Gasteiger partial charge in [0.15, 0.2) is 11.9 Å². The largest absolute Gasteiger partial charge is 0.497 e. The van der Waals surface area contributed by atoms with E-state index in [9.17, 15) is 4.79 Å². The molecule has 0 aliphatic carbocycles. The van der Waals surface area contributed by atoms with Crippen molar-refractivity contribution < 1.29 is 9.53 Å². The third kappa shape index (κ3) is 1.85. The van der Waals surface area contributed by atoms with E-state index in [-0.39, 0.29) is 0 Å². The maximum Gasteiger partial charge on any atom is 0.166 e. The number of methoxy groups -OCH3 is 1. The number of aldehydes is 1. The van der Waals surface area contributed by atoms with Gasteiger partial charge in [-0.1, -0.05) is 0 Å². The molecule has 0 atom stereocenters. The van der Waals surface area contributed by atoms with Gasteiger partial charge >= 0.3 is 0 Å². The summed E-state index contributed by atoms with van der Waals surface area (Å²) in [6.45, 7) is 0. The lowest BCUT2D eigenvalue weighted by Gasteiger charge is -2.01. The number of rotatable bonds is 3. The molecule has 0 spiro atoms. The van der Waals surface area contributed by atoms with E-state index >= 15 is 0 Å². The van der Waals surface area contributed by atoms with E-state index in [0.717, 1.165) is 17.6 Å².